The van der Waals surface area contributed by atoms with Gasteiger partial charge in [-0.05, 0) is 24.9 Å². The minimum Gasteiger partial charge on any atom is -0.322 e. The maximum atomic E-state index is 12.1. The van der Waals surface area contributed by atoms with Crippen molar-refractivity contribution in [3.63, 3.8) is 0 Å². The quantitative estimate of drug-likeness (QED) is 0.903. The number of nitrogens with zero attached hydrogens (tertiary/aromatic N) is 2. The van der Waals surface area contributed by atoms with Crippen molar-refractivity contribution in [3.8, 4) is 0 Å². The average molecular weight is 284 g/mol. The lowest BCUT2D eigenvalue weighted by atomic mass is 10.0. The Kier molecular flexibility index (Phi) is 4.31. The number of amides is 1. The number of carbonyl (C=O) groups is 1. The lowest BCUT2D eigenvalue weighted by Crippen LogP contribution is -2.43. The van der Waals surface area contributed by atoms with Crippen LogP contribution < -0.4 is 10.6 Å². The molecular formula is C16H20N4O. The first kappa shape index (κ1) is 13.8. The molecule has 0 saturated carbocycles. The zero-order valence-electron chi connectivity index (χ0n) is 12.0. The van der Waals surface area contributed by atoms with Gasteiger partial charge in [-0.1, -0.05) is 36.8 Å². The zero-order chi connectivity index (χ0) is 14.5. The van der Waals surface area contributed by atoms with Crippen LogP contribution in [-0.2, 0) is 11.3 Å². The van der Waals surface area contributed by atoms with Crippen molar-refractivity contribution >= 4 is 11.6 Å². The highest BCUT2D eigenvalue weighted by Gasteiger charge is 2.20. The molecule has 2 heterocycles. The molecule has 0 bridgehead atoms. The standard InChI is InChI=1S/C16H20N4O/c21-16(15-8-4-5-9-17-15)19-14-10-18-20(12-14)11-13-6-2-1-3-7-13/h1-3,6-7,10,12,15,17H,4-5,8-9,11H2,(H,19,21). The van der Waals surface area contributed by atoms with Crippen molar-refractivity contribution in [1.29, 1.82) is 0 Å². The van der Waals surface area contributed by atoms with E-state index in [4.69, 9.17) is 0 Å². The van der Waals surface area contributed by atoms with Gasteiger partial charge in [0.2, 0.25) is 5.91 Å². The molecule has 2 N–H and O–H groups in total. The summed E-state index contributed by atoms with van der Waals surface area (Å²) in [5.74, 6) is 0.0361. The van der Waals surface area contributed by atoms with Crippen LogP contribution >= 0.6 is 0 Å². The average Bonchev–Trinajstić information content (AvgIpc) is 2.96. The van der Waals surface area contributed by atoms with E-state index in [-0.39, 0.29) is 11.9 Å². The SMILES string of the molecule is O=C(Nc1cnn(Cc2ccccc2)c1)C1CCCCN1. The van der Waals surface area contributed by atoms with Gasteiger partial charge in [0.05, 0.1) is 24.5 Å². The molecule has 1 saturated heterocycles. The van der Waals surface area contributed by atoms with Gasteiger partial charge in [-0.3, -0.25) is 9.48 Å². The van der Waals surface area contributed by atoms with Gasteiger partial charge >= 0.3 is 0 Å². The minimum absolute atomic E-state index is 0.0361. The summed E-state index contributed by atoms with van der Waals surface area (Å²) in [5.41, 5.74) is 1.94. The second-order valence-electron chi connectivity index (χ2n) is 5.40. The van der Waals surface area contributed by atoms with Crippen molar-refractivity contribution in [2.45, 2.75) is 31.8 Å². The van der Waals surface area contributed by atoms with Gasteiger partial charge < -0.3 is 10.6 Å². The van der Waals surface area contributed by atoms with Crippen molar-refractivity contribution in [2.24, 2.45) is 0 Å². The summed E-state index contributed by atoms with van der Waals surface area (Å²) in [6.07, 6.45) is 6.73. The Labute approximate surface area is 124 Å². The molecule has 0 aliphatic carbocycles. The Balaban J connectivity index is 1.58. The predicted molar refractivity (Wildman–Crippen MR) is 82.0 cm³/mol. The highest BCUT2D eigenvalue weighted by atomic mass is 16.2. The number of carbonyl (C=O) groups excluding carboxylic acids is 1. The Morgan fingerprint density at radius 2 is 2.19 bits per heavy atom. The number of hydrogen-bond donors (Lipinski definition) is 2. The summed E-state index contributed by atoms with van der Waals surface area (Å²) < 4.78 is 1.83. The van der Waals surface area contributed by atoms with Gasteiger partial charge in [-0.15, -0.1) is 0 Å². The third-order valence-electron chi connectivity index (χ3n) is 3.71. The first-order valence-electron chi connectivity index (χ1n) is 7.42. The maximum Gasteiger partial charge on any atom is 0.241 e. The van der Waals surface area contributed by atoms with E-state index in [1.807, 2.05) is 29.1 Å². The van der Waals surface area contributed by atoms with Crippen molar-refractivity contribution < 1.29 is 4.79 Å². The fourth-order valence-electron chi connectivity index (χ4n) is 2.59. The Morgan fingerprint density at radius 3 is 2.95 bits per heavy atom. The number of piperidine rings is 1. The van der Waals surface area contributed by atoms with E-state index in [2.05, 4.69) is 27.9 Å². The molecule has 110 valence electrons. The number of aromatic nitrogens is 2. The normalized spacial score (nSPS) is 18.4. The van der Waals surface area contributed by atoms with Crippen molar-refractivity contribution in [3.05, 3.63) is 48.3 Å². The Hall–Kier alpha value is -2.14. The summed E-state index contributed by atoms with van der Waals surface area (Å²) in [6, 6.07) is 10.1. The first-order chi connectivity index (χ1) is 10.3. The van der Waals surface area contributed by atoms with Crippen LogP contribution in [-0.4, -0.2) is 28.3 Å². The van der Waals surface area contributed by atoms with Crippen molar-refractivity contribution in [1.82, 2.24) is 15.1 Å². The molecule has 1 aliphatic rings. The molecule has 0 radical (unpaired) electrons. The van der Waals surface area contributed by atoms with Crippen LogP contribution in [0.5, 0.6) is 0 Å². The number of rotatable bonds is 4. The van der Waals surface area contributed by atoms with Crippen LogP contribution in [0.3, 0.4) is 0 Å². The van der Waals surface area contributed by atoms with Gasteiger partial charge in [-0.25, -0.2) is 0 Å². The number of hydrogen-bond acceptors (Lipinski definition) is 3. The zero-order valence-corrected chi connectivity index (χ0v) is 12.0. The second-order valence-corrected chi connectivity index (χ2v) is 5.40. The molecule has 0 spiro atoms. The molecule has 1 amide bonds. The highest BCUT2D eigenvalue weighted by molar-refractivity contribution is 5.94. The predicted octanol–water partition coefficient (Wildman–Crippen LogP) is 2.01. The lowest BCUT2D eigenvalue weighted by molar-refractivity contribution is -0.118. The monoisotopic (exact) mass is 284 g/mol. The molecular weight excluding hydrogens is 264 g/mol. The van der Waals surface area contributed by atoms with Crippen LogP contribution in [0.2, 0.25) is 0 Å². The first-order valence-corrected chi connectivity index (χ1v) is 7.42. The van der Waals surface area contributed by atoms with Crippen molar-refractivity contribution in [2.75, 3.05) is 11.9 Å². The van der Waals surface area contributed by atoms with E-state index in [0.29, 0.717) is 6.54 Å². The number of anilines is 1. The Bertz CT molecular complexity index is 587. The van der Waals surface area contributed by atoms with E-state index >= 15 is 0 Å². The molecule has 1 aliphatic heterocycles. The molecule has 5 heteroatoms. The topological polar surface area (TPSA) is 59.0 Å². The van der Waals surface area contributed by atoms with E-state index in [1.54, 1.807) is 6.20 Å². The van der Waals surface area contributed by atoms with Crippen LogP contribution in [0, 0.1) is 0 Å². The fourth-order valence-corrected chi connectivity index (χ4v) is 2.59. The molecule has 1 fully saturated rings. The summed E-state index contributed by atoms with van der Waals surface area (Å²) in [7, 11) is 0. The molecule has 5 nitrogen and oxygen atoms in total. The molecule has 1 aromatic heterocycles. The largest absolute Gasteiger partial charge is 0.322 e. The maximum absolute atomic E-state index is 12.1. The van der Waals surface area contributed by atoms with E-state index in [1.165, 1.54) is 5.56 Å². The smallest absolute Gasteiger partial charge is 0.241 e. The molecule has 1 unspecified atom stereocenters. The lowest BCUT2D eigenvalue weighted by Gasteiger charge is -2.22. The van der Waals surface area contributed by atoms with E-state index in [0.717, 1.165) is 31.5 Å². The van der Waals surface area contributed by atoms with Gasteiger partial charge in [-0.2, -0.15) is 5.10 Å². The molecule has 1 aromatic carbocycles. The van der Waals surface area contributed by atoms with E-state index < -0.39 is 0 Å². The van der Waals surface area contributed by atoms with Crippen LogP contribution in [0.25, 0.3) is 0 Å². The number of nitrogens with one attached hydrogen (secondary N) is 2. The van der Waals surface area contributed by atoms with Gasteiger partial charge in [0, 0.05) is 6.20 Å². The third-order valence-corrected chi connectivity index (χ3v) is 3.71. The van der Waals surface area contributed by atoms with Crippen LogP contribution in [0.15, 0.2) is 42.7 Å². The van der Waals surface area contributed by atoms with Gasteiger partial charge in [0.15, 0.2) is 0 Å². The molecule has 2 aromatic rings. The highest BCUT2D eigenvalue weighted by Crippen LogP contribution is 2.12. The van der Waals surface area contributed by atoms with Crippen LogP contribution in [0.4, 0.5) is 5.69 Å². The van der Waals surface area contributed by atoms with E-state index in [9.17, 15) is 4.79 Å². The second kappa shape index (κ2) is 6.54. The van der Waals surface area contributed by atoms with Gasteiger partial charge in [0.1, 0.15) is 0 Å². The fraction of sp³-hybridized carbons (Fsp3) is 0.375. The Morgan fingerprint density at radius 1 is 1.33 bits per heavy atom. The summed E-state index contributed by atoms with van der Waals surface area (Å²) >= 11 is 0. The van der Waals surface area contributed by atoms with Gasteiger partial charge in [0.25, 0.3) is 0 Å². The summed E-state index contributed by atoms with van der Waals surface area (Å²) in [4.78, 5) is 12.1. The summed E-state index contributed by atoms with van der Waals surface area (Å²) in [6.45, 7) is 1.63. The third kappa shape index (κ3) is 3.70. The minimum atomic E-state index is -0.0729. The molecule has 3 rings (SSSR count). The molecule has 1 atom stereocenters. The number of benzene rings is 1. The summed E-state index contributed by atoms with van der Waals surface area (Å²) in [5, 5.41) is 10.5. The van der Waals surface area contributed by atoms with Crippen LogP contribution in [0.1, 0.15) is 24.8 Å². The molecule has 21 heavy (non-hydrogen) atoms.